The number of hydrogen-bond donors (Lipinski definition) is 0. The van der Waals surface area contributed by atoms with Crippen LogP contribution in [0, 0.1) is 0 Å². The Labute approximate surface area is 93.7 Å². The molecule has 15 heavy (non-hydrogen) atoms. The van der Waals surface area contributed by atoms with E-state index < -0.39 is 9.05 Å². The summed E-state index contributed by atoms with van der Waals surface area (Å²) >= 11 is 0. The van der Waals surface area contributed by atoms with E-state index in [0.29, 0.717) is 19.8 Å². The lowest BCUT2D eigenvalue weighted by molar-refractivity contribution is -0.00392. The summed E-state index contributed by atoms with van der Waals surface area (Å²) in [6, 6.07) is 0. The summed E-state index contributed by atoms with van der Waals surface area (Å²) in [6.07, 6.45) is 4.42. The number of rotatable bonds is 9. The van der Waals surface area contributed by atoms with Crippen LogP contribution >= 0.6 is 0 Å². The van der Waals surface area contributed by atoms with Crippen molar-refractivity contribution in [3.8, 4) is 0 Å². The summed E-state index contributed by atoms with van der Waals surface area (Å²) in [4.78, 5) is 0. The molecule has 0 aromatic carbocycles. The smallest absolute Gasteiger partial charge is 0.487 e. The van der Waals surface area contributed by atoms with Crippen molar-refractivity contribution < 1.29 is 17.7 Å². The molecule has 4 nitrogen and oxygen atoms in total. The van der Waals surface area contributed by atoms with E-state index in [-0.39, 0.29) is 0 Å². The van der Waals surface area contributed by atoms with Crippen LogP contribution in [0.25, 0.3) is 0 Å². The summed E-state index contributed by atoms with van der Waals surface area (Å²) in [6.45, 7) is 9.28. The van der Waals surface area contributed by atoms with Gasteiger partial charge in [0.2, 0.25) is 0 Å². The molecule has 0 aromatic rings. The molecule has 0 aliphatic carbocycles. The Hall–Kier alpha value is -0.363. The zero-order valence-electron chi connectivity index (χ0n) is 10.1. The Bertz CT molecular complexity index is 156. The van der Waals surface area contributed by atoms with Crippen molar-refractivity contribution in [2.75, 3.05) is 19.8 Å². The van der Waals surface area contributed by atoms with Gasteiger partial charge in [-0.15, -0.1) is 0 Å². The predicted octanol–water partition coefficient (Wildman–Crippen LogP) is 2.47. The summed E-state index contributed by atoms with van der Waals surface area (Å²) in [5.74, 6) is 0. The molecule has 0 rings (SSSR count). The summed E-state index contributed by atoms with van der Waals surface area (Å²) < 4.78 is 21.9. The van der Waals surface area contributed by atoms with Crippen LogP contribution in [0.1, 0.15) is 34.1 Å². The largest absolute Gasteiger partial charge is 0.749 e. The fourth-order valence-electron chi connectivity index (χ4n) is 0.985. The van der Waals surface area contributed by atoms with Gasteiger partial charge in [0.15, 0.2) is 0 Å². The molecule has 0 bridgehead atoms. The van der Waals surface area contributed by atoms with Gasteiger partial charge in [0.05, 0.1) is 6.26 Å². The third kappa shape index (κ3) is 5.94. The summed E-state index contributed by atoms with van der Waals surface area (Å²) in [5.41, 5.74) is 0. The molecule has 0 atom stereocenters. The minimum atomic E-state index is -2.92. The zero-order valence-corrected chi connectivity index (χ0v) is 11.1. The van der Waals surface area contributed by atoms with Crippen LogP contribution in [0.3, 0.4) is 0 Å². The average Bonchev–Trinajstić information content (AvgIpc) is 2.19. The molecule has 90 valence electrons. The van der Waals surface area contributed by atoms with Gasteiger partial charge in [-0.3, -0.25) is 0 Å². The molecule has 0 N–H and O–H groups in total. The van der Waals surface area contributed by atoms with E-state index in [1.165, 1.54) is 0 Å². The number of hydrogen-bond acceptors (Lipinski definition) is 4. The maximum Gasteiger partial charge on any atom is 0.749 e. The molecule has 0 aliphatic heterocycles. The van der Waals surface area contributed by atoms with Crippen molar-refractivity contribution in [3.05, 3.63) is 12.3 Å². The normalized spacial score (nSPS) is 12.3. The second-order valence-corrected chi connectivity index (χ2v) is 4.80. The first kappa shape index (κ1) is 14.6. The van der Waals surface area contributed by atoms with E-state index in [4.69, 9.17) is 17.7 Å². The molecule has 0 radical (unpaired) electrons. The summed E-state index contributed by atoms with van der Waals surface area (Å²) in [7, 11) is -2.92. The highest BCUT2D eigenvalue weighted by Gasteiger charge is 2.46. The van der Waals surface area contributed by atoms with E-state index in [1.807, 2.05) is 33.8 Å². The van der Waals surface area contributed by atoms with Crippen LogP contribution in [0.2, 0.25) is 0 Å². The van der Waals surface area contributed by atoms with Crippen molar-refractivity contribution in [2.45, 2.75) is 34.1 Å². The first-order valence-corrected chi connectivity index (χ1v) is 7.12. The molecule has 0 aromatic heterocycles. The second kappa shape index (κ2) is 8.91. The highest BCUT2D eigenvalue weighted by Crippen LogP contribution is 2.12. The van der Waals surface area contributed by atoms with Gasteiger partial charge in [-0.1, -0.05) is 13.0 Å². The van der Waals surface area contributed by atoms with Crippen LogP contribution < -0.4 is 0 Å². The number of allylic oxidation sites excluding steroid dienone is 1. The Morgan fingerprint density at radius 2 is 1.33 bits per heavy atom. The van der Waals surface area contributed by atoms with Gasteiger partial charge >= 0.3 is 9.05 Å². The SMILES string of the molecule is CCC=CO[Si](OCC)(OCC)OCC. The molecule has 0 aliphatic rings. The Kier molecular flexibility index (Phi) is 8.69. The topological polar surface area (TPSA) is 36.9 Å². The lowest BCUT2D eigenvalue weighted by atomic mass is 10.5. The molecule has 0 amide bonds. The lowest BCUT2D eigenvalue weighted by Gasteiger charge is -2.25. The fourth-order valence-corrected chi connectivity index (χ4v) is 2.76. The molecule has 0 saturated heterocycles. The third-order valence-electron chi connectivity index (χ3n) is 1.51. The Balaban J connectivity index is 4.37. The molecule has 0 fully saturated rings. The van der Waals surface area contributed by atoms with Gasteiger partial charge in [-0.05, 0) is 27.2 Å². The Morgan fingerprint density at radius 1 is 0.867 bits per heavy atom. The van der Waals surface area contributed by atoms with Gasteiger partial charge in [0, 0.05) is 19.8 Å². The van der Waals surface area contributed by atoms with Crippen LogP contribution in [0.4, 0.5) is 0 Å². The standard InChI is InChI=1S/C10H22O4Si/c1-5-9-10-14-15(11-6-2,12-7-3)13-8-4/h9-10H,5-8H2,1-4H3. The molecular weight excluding hydrogens is 212 g/mol. The van der Waals surface area contributed by atoms with Crippen LogP contribution in [0.5, 0.6) is 0 Å². The maximum absolute atomic E-state index is 5.48. The highest BCUT2D eigenvalue weighted by molar-refractivity contribution is 6.53. The zero-order chi connectivity index (χ0) is 11.6. The van der Waals surface area contributed by atoms with Crippen LogP contribution in [-0.4, -0.2) is 28.9 Å². The van der Waals surface area contributed by atoms with Crippen molar-refractivity contribution >= 4 is 9.05 Å². The van der Waals surface area contributed by atoms with Crippen molar-refractivity contribution in [1.29, 1.82) is 0 Å². The average molecular weight is 234 g/mol. The van der Waals surface area contributed by atoms with Crippen molar-refractivity contribution in [1.82, 2.24) is 0 Å². The third-order valence-corrected chi connectivity index (χ3v) is 3.86. The van der Waals surface area contributed by atoms with Crippen molar-refractivity contribution in [2.24, 2.45) is 0 Å². The van der Waals surface area contributed by atoms with Crippen molar-refractivity contribution in [3.63, 3.8) is 0 Å². The molecule has 0 saturated carbocycles. The quantitative estimate of drug-likeness (QED) is 0.453. The highest BCUT2D eigenvalue weighted by atomic mass is 28.4. The molecule has 5 heteroatoms. The van der Waals surface area contributed by atoms with Gasteiger partial charge in [-0.25, -0.2) is 0 Å². The maximum atomic E-state index is 5.48. The molecule has 0 unspecified atom stereocenters. The first-order chi connectivity index (χ1) is 7.24. The monoisotopic (exact) mass is 234 g/mol. The molecular formula is C10H22O4Si. The van der Waals surface area contributed by atoms with Crippen LogP contribution in [0.15, 0.2) is 12.3 Å². The fraction of sp³-hybridized carbons (Fsp3) is 0.800. The van der Waals surface area contributed by atoms with E-state index in [2.05, 4.69) is 0 Å². The van der Waals surface area contributed by atoms with Gasteiger partial charge in [-0.2, -0.15) is 0 Å². The molecule has 0 spiro atoms. The first-order valence-electron chi connectivity index (χ1n) is 5.49. The Morgan fingerprint density at radius 3 is 1.67 bits per heavy atom. The van der Waals surface area contributed by atoms with Gasteiger partial charge < -0.3 is 17.7 Å². The minimum absolute atomic E-state index is 0.520. The van der Waals surface area contributed by atoms with Gasteiger partial charge in [0.25, 0.3) is 0 Å². The second-order valence-electron chi connectivity index (χ2n) is 2.70. The van der Waals surface area contributed by atoms with E-state index in [0.717, 1.165) is 6.42 Å². The lowest BCUT2D eigenvalue weighted by Crippen LogP contribution is -2.48. The van der Waals surface area contributed by atoms with Gasteiger partial charge in [0.1, 0.15) is 0 Å². The van der Waals surface area contributed by atoms with E-state index >= 15 is 0 Å². The summed E-state index contributed by atoms with van der Waals surface area (Å²) in [5, 5.41) is 0. The molecule has 0 heterocycles. The predicted molar refractivity (Wildman–Crippen MR) is 61.1 cm³/mol. The van der Waals surface area contributed by atoms with Crippen LogP contribution in [-0.2, 0) is 17.7 Å². The van der Waals surface area contributed by atoms with E-state index in [9.17, 15) is 0 Å². The van der Waals surface area contributed by atoms with E-state index in [1.54, 1.807) is 6.26 Å². The minimum Gasteiger partial charge on any atom is -0.487 e.